The van der Waals surface area contributed by atoms with Crippen molar-refractivity contribution < 1.29 is 14.3 Å². The molecular weight excluding hydrogens is 263 g/mol. The van der Waals surface area contributed by atoms with E-state index in [0.29, 0.717) is 28.2 Å². The van der Waals surface area contributed by atoms with E-state index < -0.39 is 5.97 Å². The van der Waals surface area contributed by atoms with Crippen LogP contribution in [0.2, 0.25) is 10.0 Å². The van der Waals surface area contributed by atoms with Crippen molar-refractivity contribution in [2.45, 2.75) is 13.8 Å². The normalized spacial score (nSPS) is 11.2. The lowest BCUT2D eigenvalue weighted by Gasteiger charge is -2.07. The van der Waals surface area contributed by atoms with Gasteiger partial charge in [0.1, 0.15) is 11.5 Å². The van der Waals surface area contributed by atoms with Crippen LogP contribution in [-0.2, 0) is 9.53 Å². The third-order valence-corrected chi connectivity index (χ3v) is 2.30. The molecule has 0 aliphatic heterocycles. The summed E-state index contributed by atoms with van der Waals surface area (Å²) < 4.78 is 10.1. The quantitative estimate of drug-likeness (QED) is 0.476. The fraction of sp³-hybridized carbons (Fsp3) is 0.250. The first kappa shape index (κ1) is 13.9. The molecule has 0 bridgehead atoms. The first-order valence-electron chi connectivity index (χ1n) is 5.01. The first-order chi connectivity index (χ1) is 8.02. The second-order valence-electron chi connectivity index (χ2n) is 3.18. The van der Waals surface area contributed by atoms with Gasteiger partial charge in [-0.25, -0.2) is 4.79 Å². The van der Waals surface area contributed by atoms with Crippen molar-refractivity contribution in [2.75, 3.05) is 6.61 Å². The summed E-state index contributed by atoms with van der Waals surface area (Å²) in [6.45, 7) is 3.70. The van der Waals surface area contributed by atoms with E-state index in [9.17, 15) is 4.79 Å². The minimum Gasteiger partial charge on any atom is -0.463 e. The van der Waals surface area contributed by atoms with Crippen LogP contribution >= 0.6 is 23.2 Å². The average molecular weight is 275 g/mol. The molecule has 0 aliphatic carbocycles. The second kappa shape index (κ2) is 6.52. The van der Waals surface area contributed by atoms with Crippen molar-refractivity contribution in [1.82, 2.24) is 0 Å². The van der Waals surface area contributed by atoms with Gasteiger partial charge in [0.25, 0.3) is 0 Å². The molecule has 0 radical (unpaired) electrons. The Labute approximate surface area is 110 Å². The second-order valence-corrected chi connectivity index (χ2v) is 4.03. The van der Waals surface area contributed by atoms with Gasteiger partial charge in [-0.1, -0.05) is 23.2 Å². The van der Waals surface area contributed by atoms with Gasteiger partial charge in [0, 0.05) is 5.02 Å². The van der Waals surface area contributed by atoms with E-state index in [1.54, 1.807) is 32.0 Å². The summed E-state index contributed by atoms with van der Waals surface area (Å²) in [5.41, 5.74) is 0. The Morgan fingerprint density at radius 1 is 1.41 bits per heavy atom. The molecule has 0 saturated heterocycles. The highest BCUT2D eigenvalue weighted by atomic mass is 35.5. The molecule has 0 unspecified atom stereocenters. The molecule has 0 amide bonds. The molecule has 0 heterocycles. The zero-order chi connectivity index (χ0) is 12.8. The van der Waals surface area contributed by atoms with Crippen molar-refractivity contribution in [3.8, 4) is 5.75 Å². The topological polar surface area (TPSA) is 35.5 Å². The van der Waals surface area contributed by atoms with Crippen LogP contribution in [0.15, 0.2) is 30.0 Å². The van der Waals surface area contributed by atoms with Gasteiger partial charge in [0.05, 0.1) is 17.7 Å². The van der Waals surface area contributed by atoms with Gasteiger partial charge < -0.3 is 9.47 Å². The van der Waals surface area contributed by atoms with E-state index >= 15 is 0 Å². The maximum atomic E-state index is 11.2. The van der Waals surface area contributed by atoms with Crippen LogP contribution in [0.25, 0.3) is 0 Å². The summed E-state index contributed by atoms with van der Waals surface area (Å²) in [4.78, 5) is 11.2. The SMILES string of the molecule is CCOC(=O)/C=C(/C)Oc1ccc(Cl)cc1Cl. The minimum atomic E-state index is -0.449. The minimum absolute atomic E-state index is 0.324. The summed E-state index contributed by atoms with van der Waals surface area (Å²) in [6.07, 6.45) is 1.26. The number of carbonyl (C=O) groups excluding carboxylic acids is 1. The Kier molecular flexibility index (Phi) is 5.32. The fourth-order valence-electron chi connectivity index (χ4n) is 1.11. The predicted octanol–water partition coefficient (Wildman–Crippen LogP) is 3.84. The molecule has 3 nitrogen and oxygen atoms in total. The Hall–Kier alpha value is -1.19. The van der Waals surface area contributed by atoms with Crippen molar-refractivity contribution in [3.63, 3.8) is 0 Å². The van der Waals surface area contributed by atoms with Gasteiger partial charge >= 0.3 is 5.97 Å². The molecule has 1 rings (SSSR count). The van der Waals surface area contributed by atoms with E-state index in [1.807, 2.05) is 0 Å². The van der Waals surface area contributed by atoms with E-state index in [4.69, 9.17) is 32.7 Å². The summed E-state index contributed by atoms with van der Waals surface area (Å²) >= 11 is 11.7. The number of halogens is 2. The van der Waals surface area contributed by atoms with Crippen LogP contribution in [0, 0.1) is 0 Å². The number of rotatable bonds is 4. The molecule has 5 heteroatoms. The van der Waals surface area contributed by atoms with Gasteiger partial charge in [-0.3, -0.25) is 0 Å². The Bertz CT molecular complexity index is 441. The van der Waals surface area contributed by atoms with Crippen molar-refractivity contribution in [2.24, 2.45) is 0 Å². The third kappa shape index (κ3) is 4.67. The molecule has 0 aliphatic rings. The maximum Gasteiger partial charge on any atom is 0.334 e. The molecule has 92 valence electrons. The zero-order valence-electron chi connectivity index (χ0n) is 9.50. The largest absolute Gasteiger partial charge is 0.463 e. The van der Waals surface area contributed by atoms with Crippen molar-refractivity contribution in [3.05, 3.63) is 40.1 Å². The first-order valence-corrected chi connectivity index (χ1v) is 5.76. The van der Waals surface area contributed by atoms with E-state index in [0.717, 1.165) is 0 Å². The molecule has 0 spiro atoms. The summed E-state index contributed by atoms with van der Waals surface area (Å²) in [7, 11) is 0. The number of allylic oxidation sites excluding steroid dienone is 1. The highest BCUT2D eigenvalue weighted by molar-refractivity contribution is 6.35. The molecule has 0 aromatic heterocycles. The number of hydrogen-bond donors (Lipinski definition) is 0. The van der Waals surface area contributed by atoms with Gasteiger partial charge in [0.2, 0.25) is 0 Å². The number of esters is 1. The Balaban J connectivity index is 2.74. The van der Waals surface area contributed by atoms with Crippen molar-refractivity contribution >= 4 is 29.2 Å². The van der Waals surface area contributed by atoms with Crippen LogP contribution < -0.4 is 4.74 Å². The van der Waals surface area contributed by atoms with Crippen molar-refractivity contribution in [1.29, 1.82) is 0 Å². The fourth-order valence-corrected chi connectivity index (χ4v) is 1.56. The number of ether oxygens (including phenoxy) is 2. The highest BCUT2D eigenvalue weighted by Gasteiger charge is 2.05. The molecule has 0 atom stereocenters. The number of carbonyl (C=O) groups is 1. The summed E-state index contributed by atoms with van der Waals surface area (Å²) in [5.74, 6) is 0.386. The van der Waals surface area contributed by atoms with Gasteiger partial charge in [-0.15, -0.1) is 0 Å². The van der Waals surface area contributed by atoms with E-state index in [2.05, 4.69) is 0 Å². The van der Waals surface area contributed by atoms with Crippen LogP contribution in [0.4, 0.5) is 0 Å². The summed E-state index contributed by atoms with van der Waals surface area (Å²) in [6, 6.07) is 4.85. The van der Waals surface area contributed by atoms with Crippen LogP contribution in [0.5, 0.6) is 5.75 Å². The van der Waals surface area contributed by atoms with Crippen LogP contribution in [0.3, 0.4) is 0 Å². The molecule has 0 N–H and O–H groups in total. The molecule has 0 fully saturated rings. The standard InChI is InChI=1S/C12H12Cl2O3/c1-3-16-12(15)6-8(2)17-11-5-4-9(13)7-10(11)14/h4-7H,3H2,1-2H3/b8-6-. The van der Waals surface area contributed by atoms with E-state index in [1.165, 1.54) is 6.08 Å². The molecule has 1 aromatic carbocycles. The molecule has 17 heavy (non-hydrogen) atoms. The zero-order valence-corrected chi connectivity index (χ0v) is 11.0. The lowest BCUT2D eigenvalue weighted by molar-refractivity contribution is -0.137. The maximum absolute atomic E-state index is 11.2. The lowest BCUT2D eigenvalue weighted by Crippen LogP contribution is -2.02. The predicted molar refractivity (Wildman–Crippen MR) is 67.5 cm³/mol. The lowest BCUT2D eigenvalue weighted by atomic mass is 10.3. The van der Waals surface area contributed by atoms with Gasteiger partial charge in [-0.2, -0.15) is 0 Å². The number of hydrogen-bond acceptors (Lipinski definition) is 3. The Morgan fingerprint density at radius 3 is 2.71 bits per heavy atom. The average Bonchev–Trinajstić information content (AvgIpc) is 2.22. The molecule has 1 aromatic rings. The van der Waals surface area contributed by atoms with Crippen LogP contribution in [0.1, 0.15) is 13.8 Å². The van der Waals surface area contributed by atoms with Crippen LogP contribution in [-0.4, -0.2) is 12.6 Å². The molecule has 0 saturated carbocycles. The third-order valence-electron chi connectivity index (χ3n) is 1.77. The highest BCUT2D eigenvalue weighted by Crippen LogP contribution is 2.28. The van der Waals surface area contributed by atoms with Gasteiger partial charge in [0.15, 0.2) is 0 Å². The molecular formula is C12H12Cl2O3. The number of benzene rings is 1. The smallest absolute Gasteiger partial charge is 0.334 e. The summed E-state index contributed by atoms with van der Waals surface area (Å²) in [5, 5.41) is 0.906. The van der Waals surface area contributed by atoms with E-state index in [-0.39, 0.29) is 0 Å². The van der Waals surface area contributed by atoms with Gasteiger partial charge in [-0.05, 0) is 32.0 Å². The monoisotopic (exact) mass is 274 g/mol. The Morgan fingerprint density at radius 2 is 2.12 bits per heavy atom.